The fourth-order valence-electron chi connectivity index (χ4n) is 2.21. The van der Waals surface area contributed by atoms with Gasteiger partial charge in [-0.25, -0.2) is 0 Å². The van der Waals surface area contributed by atoms with Crippen LogP contribution in [0.5, 0.6) is 11.5 Å². The molecule has 0 fully saturated rings. The van der Waals surface area contributed by atoms with Gasteiger partial charge in [-0.1, -0.05) is 29.3 Å². The highest BCUT2D eigenvalue weighted by Gasteiger charge is 2.15. The number of carbonyl (C=O) groups excluding carboxylic acids is 1. The van der Waals surface area contributed by atoms with Crippen LogP contribution in [0.15, 0.2) is 36.4 Å². The van der Waals surface area contributed by atoms with Crippen molar-refractivity contribution in [2.24, 2.45) is 0 Å². The van der Waals surface area contributed by atoms with Crippen LogP contribution >= 0.6 is 11.6 Å². The molecule has 21 heavy (non-hydrogen) atoms. The molecule has 110 valence electrons. The quantitative estimate of drug-likeness (QED) is 0.780. The molecule has 0 N–H and O–H groups in total. The lowest BCUT2D eigenvalue weighted by molar-refractivity contribution is 0.0989. The van der Waals surface area contributed by atoms with Crippen molar-refractivity contribution in [2.75, 3.05) is 14.2 Å². The third-order valence-electron chi connectivity index (χ3n) is 3.25. The zero-order valence-electron chi connectivity index (χ0n) is 12.3. The van der Waals surface area contributed by atoms with Crippen LogP contribution in [-0.4, -0.2) is 20.0 Å². The molecule has 0 aliphatic rings. The second kappa shape index (κ2) is 6.64. The van der Waals surface area contributed by atoms with Crippen molar-refractivity contribution >= 4 is 17.4 Å². The lowest BCUT2D eigenvalue weighted by Gasteiger charge is -2.11. The van der Waals surface area contributed by atoms with E-state index in [1.807, 2.05) is 25.1 Å². The van der Waals surface area contributed by atoms with Gasteiger partial charge in [0.1, 0.15) is 11.5 Å². The van der Waals surface area contributed by atoms with Crippen molar-refractivity contribution in [3.05, 3.63) is 58.1 Å². The molecule has 0 unspecified atom stereocenters. The minimum Gasteiger partial charge on any atom is -0.496 e. The Labute approximate surface area is 129 Å². The first kappa shape index (κ1) is 15.4. The smallest absolute Gasteiger partial charge is 0.171 e. The van der Waals surface area contributed by atoms with Crippen LogP contribution in [0.3, 0.4) is 0 Å². The monoisotopic (exact) mass is 304 g/mol. The fraction of sp³-hybridized carbons (Fsp3) is 0.235. The molecule has 0 radical (unpaired) electrons. The topological polar surface area (TPSA) is 35.5 Å². The van der Waals surface area contributed by atoms with E-state index in [-0.39, 0.29) is 12.2 Å². The number of aryl methyl sites for hydroxylation is 1. The Morgan fingerprint density at radius 1 is 1.05 bits per heavy atom. The number of hydrogen-bond donors (Lipinski definition) is 0. The Balaban J connectivity index is 2.32. The average Bonchev–Trinajstić information content (AvgIpc) is 2.47. The van der Waals surface area contributed by atoms with E-state index < -0.39 is 0 Å². The first-order valence-corrected chi connectivity index (χ1v) is 6.93. The molecule has 0 saturated heterocycles. The number of hydrogen-bond acceptors (Lipinski definition) is 3. The van der Waals surface area contributed by atoms with Gasteiger partial charge in [-0.05, 0) is 31.2 Å². The Bertz CT molecular complexity index is 665. The molecule has 0 amide bonds. The summed E-state index contributed by atoms with van der Waals surface area (Å²) < 4.78 is 10.5. The normalized spacial score (nSPS) is 10.3. The molecule has 3 nitrogen and oxygen atoms in total. The Kier molecular flexibility index (Phi) is 4.86. The third-order valence-corrected chi connectivity index (χ3v) is 3.49. The van der Waals surface area contributed by atoms with Gasteiger partial charge in [0.2, 0.25) is 0 Å². The van der Waals surface area contributed by atoms with Crippen LogP contribution in [-0.2, 0) is 6.42 Å². The summed E-state index contributed by atoms with van der Waals surface area (Å²) >= 11 is 5.92. The molecule has 0 bridgehead atoms. The fourth-order valence-corrected chi connectivity index (χ4v) is 2.37. The third kappa shape index (κ3) is 3.56. The minimum absolute atomic E-state index is 0.0348. The number of Topliss-reactive ketones (excluding diaryl/α,β-unsaturated/α-hetero) is 1. The zero-order valence-corrected chi connectivity index (χ0v) is 13.0. The molecule has 2 rings (SSSR count). The number of rotatable bonds is 5. The van der Waals surface area contributed by atoms with Crippen molar-refractivity contribution in [2.45, 2.75) is 13.3 Å². The molecule has 0 spiro atoms. The van der Waals surface area contributed by atoms with E-state index in [0.717, 1.165) is 11.1 Å². The molecule has 0 aliphatic heterocycles. The maximum absolute atomic E-state index is 12.5. The average molecular weight is 305 g/mol. The molecule has 0 aliphatic carbocycles. The molecular formula is C17H17ClO3. The van der Waals surface area contributed by atoms with Crippen LogP contribution in [0.4, 0.5) is 0 Å². The number of benzene rings is 2. The van der Waals surface area contributed by atoms with Crippen molar-refractivity contribution in [1.29, 1.82) is 0 Å². The second-order valence-electron chi connectivity index (χ2n) is 4.76. The summed E-state index contributed by atoms with van der Waals surface area (Å²) in [5.41, 5.74) is 2.46. The van der Waals surface area contributed by atoms with E-state index in [9.17, 15) is 4.79 Å². The largest absolute Gasteiger partial charge is 0.496 e. The first-order valence-electron chi connectivity index (χ1n) is 6.55. The zero-order chi connectivity index (χ0) is 15.4. The predicted molar refractivity (Wildman–Crippen MR) is 83.8 cm³/mol. The standard InChI is InChI=1S/C17H17ClO3/c1-11-4-7-16(20-2)12(8-11)9-15(19)14-6-5-13(18)10-17(14)21-3/h4-8,10H,9H2,1-3H3. The van der Waals surface area contributed by atoms with Crippen LogP contribution in [0.1, 0.15) is 21.5 Å². The van der Waals surface area contributed by atoms with Crippen molar-refractivity contribution < 1.29 is 14.3 Å². The number of ether oxygens (including phenoxy) is 2. The molecule has 0 aromatic heterocycles. The van der Waals surface area contributed by atoms with Crippen LogP contribution in [0, 0.1) is 6.92 Å². The predicted octanol–water partition coefficient (Wildman–Crippen LogP) is 4.09. The first-order chi connectivity index (χ1) is 10.0. The maximum Gasteiger partial charge on any atom is 0.171 e. The molecule has 0 atom stereocenters. The van der Waals surface area contributed by atoms with E-state index in [1.165, 1.54) is 7.11 Å². The summed E-state index contributed by atoms with van der Waals surface area (Å²) in [6.45, 7) is 1.98. The van der Waals surface area contributed by atoms with Crippen LogP contribution < -0.4 is 9.47 Å². The Morgan fingerprint density at radius 2 is 1.76 bits per heavy atom. The number of halogens is 1. The van der Waals surface area contributed by atoms with Crippen molar-refractivity contribution in [3.63, 3.8) is 0 Å². The maximum atomic E-state index is 12.5. The van der Waals surface area contributed by atoms with Gasteiger partial charge in [-0.15, -0.1) is 0 Å². The lowest BCUT2D eigenvalue weighted by Crippen LogP contribution is -2.07. The van der Waals surface area contributed by atoms with Crippen LogP contribution in [0.2, 0.25) is 5.02 Å². The molecule has 0 heterocycles. The van der Waals surface area contributed by atoms with E-state index in [0.29, 0.717) is 22.1 Å². The van der Waals surface area contributed by atoms with Gasteiger partial charge in [0.15, 0.2) is 5.78 Å². The highest BCUT2D eigenvalue weighted by atomic mass is 35.5. The Hall–Kier alpha value is -2.00. The Morgan fingerprint density at radius 3 is 2.43 bits per heavy atom. The molecular weight excluding hydrogens is 288 g/mol. The summed E-state index contributed by atoms with van der Waals surface area (Å²) in [7, 11) is 3.12. The van der Waals surface area contributed by atoms with Crippen molar-refractivity contribution in [3.8, 4) is 11.5 Å². The summed E-state index contributed by atoms with van der Waals surface area (Å²) in [4.78, 5) is 12.5. The van der Waals surface area contributed by atoms with E-state index in [4.69, 9.17) is 21.1 Å². The molecule has 2 aromatic carbocycles. The molecule has 4 heteroatoms. The van der Waals surface area contributed by atoms with E-state index in [1.54, 1.807) is 25.3 Å². The van der Waals surface area contributed by atoms with E-state index in [2.05, 4.69) is 0 Å². The second-order valence-corrected chi connectivity index (χ2v) is 5.20. The number of methoxy groups -OCH3 is 2. The summed E-state index contributed by atoms with van der Waals surface area (Å²) in [6.07, 6.45) is 0.253. The highest BCUT2D eigenvalue weighted by molar-refractivity contribution is 6.30. The summed E-state index contributed by atoms with van der Waals surface area (Å²) in [5.74, 6) is 1.16. The highest BCUT2D eigenvalue weighted by Crippen LogP contribution is 2.27. The summed E-state index contributed by atoms with van der Waals surface area (Å²) in [5, 5.41) is 0.538. The van der Waals surface area contributed by atoms with Gasteiger partial charge in [-0.3, -0.25) is 4.79 Å². The van der Waals surface area contributed by atoms with Crippen molar-refractivity contribution in [1.82, 2.24) is 0 Å². The van der Waals surface area contributed by atoms with Crippen LogP contribution in [0.25, 0.3) is 0 Å². The molecule has 0 saturated carbocycles. The SMILES string of the molecule is COc1ccc(C)cc1CC(=O)c1ccc(Cl)cc1OC. The van der Waals surface area contributed by atoms with Gasteiger partial charge in [0, 0.05) is 17.0 Å². The number of carbonyl (C=O) groups is 1. The molecule has 2 aromatic rings. The van der Waals surface area contributed by atoms with Gasteiger partial charge < -0.3 is 9.47 Å². The lowest BCUT2D eigenvalue weighted by atomic mass is 10.00. The number of ketones is 1. The van der Waals surface area contributed by atoms with Gasteiger partial charge in [0.25, 0.3) is 0 Å². The van der Waals surface area contributed by atoms with Gasteiger partial charge >= 0.3 is 0 Å². The van der Waals surface area contributed by atoms with Gasteiger partial charge in [0.05, 0.1) is 19.8 Å². The van der Waals surface area contributed by atoms with Gasteiger partial charge in [-0.2, -0.15) is 0 Å². The van der Waals surface area contributed by atoms with E-state index >= 15 is 0 Å². The summed E-state index contributed by atoms with van der Waals surface area (Å²) in [6, 6.07) is 10.8. The minimum atomic E-state index is -0.0348.